The molecule has 42 nitrogen and oxygen atoms in total. The molecule has 7 rings (SSSR count). The Bertz CT molecular complexity index is 2420. The topological polar surface area (TPSA) is 669 Å². The third-order valence-corrected chi connectivity index (χ3v) is 16.7. The number of carbonyl (C=O) groups is 4. The Morgan fingerprint density at radius 1 is 0.419 bits per heavy atom. The third kappa shape index (κ3) is 16.6. The molecule has 0 aromatic rings. The highest BCUT2D eigenvalue weighted by Gasteiger charge is 2.62. The van der Waals surface area contributed by atoms with Crippen molar-refractivity contribution in [2.75, 3.05) is 46.2 Å². The van der Waals surface area contributed by atoms with E-state index in [0.29, 0.717) is 0 Å². The molecule has 0 unspecified atom stereocenters. The van der Waals surface area contributed by atoms with E-state index in [4.69, 9.17) is 61.6 Å². The van der Waals surface area contributed by atoms with Crippen LogP contribution in [0.4, 0.5) is 0 Å². The molecule has 0 saturated carbocycles. The van der Waals surface area contributed by atoms with E-state index < -0.39 is 297 Å². The van der Waals surface area contributed by atoms with Crippen molar-refractivity contribution in [2.24, 2.45) is 0 Å². The van der Waals surface area contributed by atoms with E-state index in [9.17, 15) is 132 Å². The van der Waals surface area contributed by atoms with Gasteiger partial charge in [-0.25, -0.2) is 4.79 Å². The van der Waals surface area contributed by atoms with E-state index in [1.807, 2.05) is 0 Å². The predicted octanol–water partition coefficient (Wildman–Crippen LogP) is -16.6. The largest absolute Gasteiger partial charge is 0.477 e. The van der Waals surface area contributed by atoms with Crippen LogP contribution >= 0.6 is 0 Å². The van der Waals surface area contributed by atoms with Crippen LogP contribution in [0.5, 0.6) is 0 Å². The number of rotatable bonds is 25. The summed E-state index contributed by atoms with van der Waals surface area (Å²) in [4.78, 5) is 50.7. The first-order chi connectivity index (χ1) is 43.8. The summed E-state index contributed by atoms with van der Waals surface area (Å²) < 4.78 is 74.5. The molecule has 36 atom stereocenters. The van der Waals surface area contributed by atoms with Gasteiger partial charge in [-0.05, 0) is 0 Å². The Morgan fingerprint density at radius 2 is 0.753 bits per heavy atom. The number of aliphatic hydroxyl groups is 21. The zero-order valence-electron chi connectivity index (χ0n) is 49.6. The van der Waals surface area contributed by atoms with Gasteiger partial charge in [0, 0.05) is 27.2 Å². The summed E-state index contributed by atoms with van der Waals surface area (Å²) in [7, 11) is 0. The lowest BCUT2D eigenvalue weighted by Gasteiger charge is -2.51. The SMILES string of the molecule is CC(=O)N[C@H]1[C@H](O[C@H]2[C@@H](O)[C@@H](CO)O[C@@H](O[C@H]3[C@H](O)[C@@H](O)[C@H](O)O[C@@H]3CO)[C@@H]2O)O[C@H](CO)[C@H](O[C@@H]2O[C@H](CO)[C@H](O)[C@H](O[C@@H]3O[C@H](CO)[C@@H](O[C@@H]4O[C@H](CO)[C@H](O)[C@H](O[C@]5(C(=O)O)C[C@H](O)[C@@H](NC(C)=O)[C@H]([C@H](O)[C@H](O)CO)O5)[C@H]4O)[C@H](O)[C@H]3NC(C)=O)[C@H]2O)[C@@H]1O. The van der Waals surface area contributed by atoms with Gasteiger partial charge in [0.1, 0.15) is 165 Å². The summed E-state index contributed by atoms with van der Waals surface area (Å²) in [5.74, 6) is -8.04. The third-order valence-electron chi connectivity index (χ3n) is 16.7. The number of carboxylic acid groups (broad SMARTS) is 1. The minimum absolute atomic E-state index is 0.843. The molecule has 7 aliphatic rings. The zero-order chi connectivity index (χ0) is 69.0. The van der Waals surface area contributed by atoms with Crippen molar-refractivity contribution in [3.63, 3.8) is 0 Å². The summed E-state index contributed by atoms with van der Waals surface area (Å²) in [6.45, 7) is -4.82. The summed E-state index contributed by atoms with van der Waals surface area (Å²) in [6, 6.07) is -5.50. The first kappa shape index (κ1) is 76.9. The maximum Gasteiger partial charge on any atom is 0.364 e. The van der Waals surface area contributed by atoms with Crippen LogP contribution in [0.25, 0.3) is 0 Å². The fraction of sp³-hybridized carbons (Fsp3) is 0.922. The quantitative estimate of drug-likeness (QED) is 0.0404. The molecule has 25 N–H and O–H groups in total. The zero-order valence-corrected chi connectivity index (χ0v) is 49.6. The molecule has 7 fully saturated rings. The predicted molar refractivity (Wildman–Crippen MR) is 284 cm³/mol. The van der Waals surface area contributed by atoms with Gasteiger partial charge in [0.05, 0.1) is 58.4 Å². The molecule has 0 bridgehead atoms. The maximum absolute atomic E-state index is 13.1. The molecule has 3 amide bonds. The van der Waals surface area contributed by atoms with E-state index in [0.717, 1.165) is 20.8 Å². The van der Waals surface area contributed by atoms with Crippen molar-refractivity contribution in [2.45, 2.75) is 248 Å². The molecule has 42 heteroatoms. The van der Waals surface area contributed by atoms with Crippen molar-refractivity contribution in [3.05, 3.63) is 0 Å². The fourth-order valence-corrected chi connectivity index (χ4v) is 11.9. The Labute approximate surface area is 525 Å². The van der Waals surface area contributed by atoms with Gasteiger partial charge < -0.3 is 190 Å². The van der Waals surface area contributed by atoms with Crippen molar-refractivity contribution in [1.29, 1.82) is 0 Å². The molecular formula is C51H85N3O39. The lowest BCUT2D eigenvalue weighted by atomic mass is 9.88. The maximum atomic E-state index is 13.1. The Balaban J connectivity index is 1.10. The molecule has 0 radical (unpaired) electrons. The number of ether oxygens (including phenoxy) is 13. The van der Waals surface area contributed by atoms with E-state index in [2.05, 4.69) is 16.0 Å². The van der Waals surface area contributed by atoms with Crippen LogP contribution in [0.2, 0.25) is 0 Å². The van der Waals surface area contributed by atoms with Crippen LogP contribution in [0.1, 0.15) is 27.2 Å². The minimum Gasteiger partial charge on any atom is -0.477 e. The highest BCUT2D eigenvalue weighted by Crippen LogP contribution is 2.41. The number of hydrogen-bond donors (Lipinski definition) is 25. The van der Waals surface area contributed by atoms with Gasteiger partial charge in [-0.3, -0.25) is 14.4 Å². The number of hydrogen-bond acceptors (Lipinski definition) is 38. The van der Waals surface area contributed by atoms with Crippen LogP contribution in [-0.4, -0.2) is 403 Å². The number of carboxylic acids is 1. The van der Waals surface area contributed by atoms with Crippen molar-refractivity contribution < 1.29 is 193 Å². The number of aliphatic carboxylic acids is 1. The Hall–Kier alpha value is -3.48. The molecule has 0 aromatic carbocycles. The highest BCUT2D eigenvalue weighted by molar-refractivity contribution is 5.77. The molecule has 7 saturated heterocycles. The second-order valence-corrected chi connectivity index (χ2v) is 23.2. The Kier molecular flexibility index (Phi) is 27.2. The second-order valence-electron chi connectivity index (χ2n) is 23.2. The van der Waals surface area contributed by atoms with Crippen LogP contribution in [0, 0.1) is 0 Å². The monoisotopic (exact) mass is 1360 g/mol. The summed E-state index contributed by atoms with van der Waals surface area (Å²) in [5.41, 5.74) is 0. The van der Waals surface area contributed by atoms with Crippen LogP contribution in [-0.2, 0) is 80.8 Å². The van der Waals surface area contributed by atoms with Crippen LogP contribution in [0.3, 0.4) is 0 Å². The number of aliphatic hydroxyl groups excluding tert-OH is 21. The Morgan fingerprint density at radius 3 is 1.12 bits per heavy atom. The van der Waals surface area contributed by atoms with Crippen LogP contribution < -0.4 is 16.0 Å². The molecule has 7 aliphatic heterocycles. The van der Waals surface area contributed by atoms with Gasteiger partial charge in [0.15, 0.2) is 37.7 Å². The number of carbonyl (C=O) groups excluding carboxylic acids is 3. The molecule has 7 heterocycles. The highest BCUT2D eigenvalue weighted by atomic mass is 16.8. The number of nitrogens with one attached hydrogen (secondary N) is 3. The molecule has 0 aliphatic carbocycles. The standard InChI is InChI=1S/C51H85N3O39/c1-12(62)52-23-15(65)4-51(50(79)80,92-40(23)26(67)16(66)5-55)93-43-29(70)19(8-58)84-49(36(43)77)88-38-22(11-61)86-46(25(31(38)72)54-14(3)64)90-41-27(68)17(6-56)82-47(34(41)75)87-37-21(10-60)85-45(24(30(37)71)53-13(2)63)91-42-28(69)18(7-57)83-48(35(42)76)89-39-20(9-59)81-44(78)33(74)32(39)73/h15-49,55-61,65-78H,4-11H2,1-3H3,(H,52,62)(H,53,63)(H,54,64)(H,79,80)/t15-,16+,17+,18+,19+,20+,21+,22+,23+,24+,25+,26+,27-,28-,29-,30+,31+,32+,33+,34+,35+,36+,37-,38+,39+,40+,41-,42-,43-,44+,45-,46-,47-,48-,49-,51-/m0/s1. The average molecular weight is 1360 g/mol. The van der Waals surface area contributed by atoms with Gasteiger partial charge in [0.2, 0.25) is 17.7 Å². The van der Waals surface area contributed by atoms with Crippen LogP contribution in [0.15, 0.2) is 0 Å². The van der Waals surface area contributed by atoms with E-state index in [1.165, 1.54) is 0 Å². The number of amides is 3. The van der Waals surface area contributed by atoms with Crippen molar-refractivity contribution in [1.82, 2.24) is 16.0 Å². The molecule has 538 valence electrons. The van der Waals surface area contributed by atoms with Crippen molar-refractivity contribution >= 4 is 23.7 Å². The molecule has 0 spiro atoms. The lowest BCUT2D eigenvalue weighted by molar-refractivity contribution is -0.391. The van der Waals surface area contributed by atoms with Gasteiger partial charge in [0.25, 0.3) is 5.79 Å². The smallest absolute Gasteiger partial charge is 0.364 e. The van der Waals surface area contributed by atoms with Gasteiger partial charge >= 0.3 is 5.97 Å². The first-order valence-corrected chi connectivity index (χ1v) is 29.3. The lowest BCUT2D eigenvalue weighted by Crippen LogP contribution is -2.71. The summed E-state index contributed by atoms with van der Waals surface area (Å²) in [6.07, 6.45) is -67.1. The summed E-state index contributed by atoms with van der Waals surface area (Å²) >= 11 is 0. The summed E-state index contributed by atoms with van der Waals surface area (Å²) in [5, 5.41) is 246. The van der Waals surface area contributed by atoms with E-state index in [1.54, 1.807) is 0 Å². The fourth-order valence-electron chi connectivity index (χ4n) is 11.9. The molecule has 93 heavy (non-hydrogen) atoms. The van der Waals surface area contributed by atoms with E-state index in [-0.39, 0.29) is 0 Å². The minimum atomic E-state index is -3.23. The average Bonchev–Trinajstić information content (AvgIpc) is 0.771. The second kappa shape index (κ2) is 32.9. The normalized spacial score (nSPS) is 47.2. The molecular weight excluding hydrogens is 1280 g/mol. The van der Waals surface area contributed by atoms with Gasteiger partial charge in [-0.1, -0.05) is 0 Å². The van der Waals surface area contributed by atoms with Crippen molar-refractivity contribution in [3.8, 4) is 0 Å². The molecule has 0 aromatic heterocycles. The van der Waals surface area contributed by atoms with E-state index >= 15 is 0 Å². The first-order valence-electron chi connectivity index (χ1n) is 29.3. The van der Waals surface area contributed by atoms with Gasteiger partial charge in [-0.15, -0.1) is 0 Å². The van der Waals surface area contributed by atoms with Gasteiger partial charge in [-0.2, -0.15) is 0 Å².